The van der Waals surface area contributed by atoms with Gasteiger partial charge in [0, 0.05) is 6.04 Å². The third-order valence-electron chi connectivity index (χ3n) is 3.06. The van der Waals surface area contributed by atoms with E-state index in [4.69, 9.17) is 4.74 Å². The molecule has 1 aliphatic rings. The highest BCUT2D eigenvalue weighted by Crippen LogP contribution is 2.30. The maximum absolute atomic E-state index is 12.0. The van der Waals surface area contributed by atoms with Crippen molar-refractivity contribution in [2.75, 3.05) is 11.9 Å². The van der Waals surface area contributed by atoms with Gasteiger partial charge in [-0.15, -0.1) is 0 Å². The number of aromatic hydroxyl groups is 1. The van der Waals surface area contributed by atoms with Gasteiger partial charge in [-0.1, -0.05) is 6.92 Å². The average Bonchev–Trinajstić information content (AvgIpc) is 2.34. The lowest BCUT2D eigenvalue weighted by Gasteiger charge is -2.27. The van der Waals surface area contributed by atoms with Crippen LogP contribution >= 0.6 is 15.9 Å². The van der Waals surface area contributed by atoms with Crippen LogP contribution in [0.15, 0.2) is 10.5 Å². The summed E-state index contributed by atoms with van der Waals surface area (Å²) in [4.78, 5) is 16.0. The second kappa shape index (κ2) is 6.23. The number of rotatable bonds is 5. The molecule has 2 rings (SSSR count). The molecule has 0 atom stereocenters. The van der Waals surface area contributed by atoms with Gasteiger partial charge in [0.25, 0.3) is 0 Å². The van der Waals surface area contributed by atoms with Crippen LogP contribution in [-0.2, 0) is 4.74 Å². The number of pyridine rings is 1. The van der Waals surface area contributed by atoms with Crippen LogP contribution in [-0.4, -0.2) is 28.7 Å². The fourth-order valence-corrected chi connectivity index (χ4v) is 2.08. The molecule has 0 radical (unpaired) electrons. The van der Waals surface area contributed by atoms with Crippen LogP contribution < -0.4 is 5.32 Å². The monoisotopic (exact) mass is 328 g/mol. The van der Waals surface area contributed by atoms with Crippen molar-refractivity contribution in [3.8, 4) is 5.88 Å². The molecule has 0 bridgehead atoms. The number of nitrogens with zero attached hydrogens (tertiary/aromatic N) is 1. The topological polar surface area (TPSA) is 71.5 Å². The number of halogens is 1. The molecule has 1 aromatic heterocycles. The zero-order chi connectivity index (χ0) is 13.8. The first-order valence-electron chi connectivity index (χ1n) is 6.45. The van der Waals surface area contributed by atoms with Crippen molar-refractivity contribution >= 4 is 27.7 Å². The van der Waals surface area contributed by atoms with Gasteiger partial charge in [0.15, 0.2) is 0 Å². The van der Waals surface area contributed by atoms with Crippen LogP contribution in [0.5, 0.6) is 5.88 Å². The quantitative estimate of drug-likeness (QED) is 0.813. The van der Waals surface area contributed by atoms with Gasteiger partial charge in [0.1, 0.15) is 11.4 Å². The molecule has 0 aliphatic heterocycles. The minimum atomic E-state index is -0.420. The number of esters is 1. The number of anilines is 1. The Labute approximate surface area is 120 Å². The summed E-state index contributed by atoms with van der Waals surface area (Å²) in [5.41, 5.74) is 0.352. The first-order valence-corrected chi connectivity index (χ1v) is 7.24. The van der Waals surface area contributed by atoms with Crippen molar-refractivity contribution in [2.45, 2.75) is 38.6 Å². The molecule has 2 N–H and O–H groups in total. The normalized spacial score (nSPS) is 14.8. The summed E-state index contributed by atoms with van der Waals surface area (Å²) < 4.78 is 5.51. The van der Waals surface area contributed by atoms with Crippen molar-refractivity contribution in [3.63, 3.8) is 0 Å². The van der Waals surface area contributed by atoms with E-state index in [1.165, 1.54) is 6.42 Å². The van der Waals surface area contributed by atoms with Crippen molar-refractivity contribution < 1.29 is 14.6 Å². The van der Waals surface area contributed by atoms with Gasteiger partial charge in [0.05, 0.1) is 11.1 Å². The Hall–Kier alpha value is -1.30. The number of nitrogens with one attached hydrogen (secondary N) is 1. The number of aromatic nitrogens is 1. The predicted octanol–water partition coefficient (Wildman–Crippen LogP) is 3.08. The molecule has 1 aromatic rings. The molecule has 19 heavy (non-hydrogen) atoms. The SMILES string of the molecule is CCCOC(=O)c1cc(Br)c(O)nc1NC1CCC1. The number of hydrogen-bond donors (Lipinski definition) is 2. The summed E-state index contributed by atoms with van der Waals surface area (Å²) in [6, 6.07) is 1.87. The van der Waals surface area contributed by atoms with Gasteiger partial charge in [-0.05, 0) is 47.7 Å². The maximum atomic E-state index is 12.0. The molecule has 0 saturated heterocycles. The summed E-state index contributed by atoms with van der Waals surface area (Å²) in [6.45, 7) is 2.31. The Bertz CT molecular complexity index is 475. The molecule has 0 spiro atoms. The lowest BCUT2D eigenvalue weighted by atomic mass is 9.93. The van der Waals surface area contributed by atoms with E-state index < -0.39 is 5.97 Å². The van der Waals surface area contributed by atoms with Crippen molar-refractivity contribution in [2.24, 2.45) is 0 Å². The molecule has 6 heteroatoms. The first-order chi connectivity index (χ1) is 9.11. The van der Waals surface area contributed by atoms with E-state index in [9.17, 15) is 9.90 Å². The van der Waals surface area contributed by atoms with Crippen LogP contribution in [0, 0.1) is 0 Å². The molecule has 0 amide bonds. The maximum Gasteiger partial charge on any atom is 0.341 e. The minimum Gasteiger partial charge on any atom is -0.492 e. The van der Waals surface area contributed by atoms with Gasteiger partial charge in [-0.3, -0.25) is 0 Å². The second-order valence-corrected chi connectivity index (χ2v) is 5.45. The largest absolute Gasteiger partial charge is 0.492 e. The predicted molar refractivity (Wildman–Crippen MR) is 75.4 cm³/mol. The molecule has 5 nitrogen and oxygen atoms in total. The third kappa shape index (κ3) is 3.37. The fourth-order valence-electron chi connectivity index (χ4n) is 1.76. The van der Waals surface area contributed by atoms with Crippen LogP contribution in [0.2, 0.25) is 0 Å². The fraction of sp³-hybridized carbons (Fsp3) is 0.538. The van der Waals surface area contributed by atoms with E-state index in [2.05, 4.69) is 26.2 Å². The number of hydrogen-bond acceptors (Lipinski definition) is 5. The Morgan fingerprint density at radius 1 is 1.63 bits per heavy atom. The van der Waals surface area contributed by atoms with Gasteiger partial charge < -0.3 is 15.2 Å². The standard InChI is InChI=1S/C13H17BrN2O3/c1-2-6-19-13(18)9-7-10(14)12(17)16-11(9)15-8-4-3-5-8/h7-8H,2-6H2,1H3,(H2,15,16,17). The second-order valence-electron chi connectivity index (χ2n) is 4.60. The first kappa shape index (κ1) is 14.1. The zero-order valence-corrected chi connectivity index (χ0v) is 12.4. The molecule has 1 heterocycles. The number of ether oxygens (including phenoxy) is 1. The van der Waals surface area contributed by atoms with Crippen molar-refractivity contribution in [1.29, 1.82) is 0 Å². The number of carbonyl (C=O) groups is 1. The molecule has 1 aliphatic carbocycles. The van der Waals surface area contributed by atoms with Gasteiger partial charge in [-0.2, -0.15) is 4.98 Å². The molecule has 0 unspecified atom stereocenters. The molecule has 1 saturated carbocycles. The van der Waals surface area contributed by atoms with Crippen molar-refractivity contribution in [3.05, 3.63) is 16.1 Å². The molecule has 1 fully saturated rings. The average molecular weight is 329 g/mol. The van der Waals surface area contributed by atoms with E-state index in [0.29, 0.717) is 28.5 Å². The smallest absolute Gasteiger partial charge is 0.341 e. The highest BCUT2D eigenvalue weighted by molar-refractivity contribution is 9.10. The number of carbonyl (C=O) groups excluding carboxylic acids is 1. The third-order valence-corrected chi connectivity index (χ3v) is 3.64. The molecular weight excluding hydrogens is 312 g/mol. The van der Waals surface area contributed by atoms with Gasteiger partial charge >= 0.3 is 5.97 Å². The highest BCUT2D eigenvalue weighted by Gasteiger charge is 2.23. The van der Waals surface area contributed by atoms with E-state index >= 15 is 0 Å². The Balaban J connectivity index is 2.22. The van der Waals surface area contributed by atoms with Gasteiger partial charge in [0.2, 0.25) is 5.88 Å². The lowest BCUT2D eigenvalue weighted by Crippen LogP contribution is -2.28. The Morgan fingerprint density at radius 3 is 2.95 bits per heavy atom. The zero-order valence-electron chi connectivity index (χ0n) is 10.8. The Kier molecular flexibility index (Phi) is 4.63. The summed E-state index contributed by atoms with van der Waals surface area (Å²) in [7, 11) is 0. The summed E-state index contributed by atoms with van der Waals surface area (Å²) in [6.07, 6.45) is 4.06. The van der Waals surface area contributed by atoms with Crippen molar-refractivity contribution in [1.82, 2.24) is 4.98 Å². The molecule has 104 valence electrons. The van der Waals surface area contributed by atoms with Crippen LogP contribution in [0.3, 0.4) is 0 Å². The lowest BCUT2D eigenvalue weighted by molar-refractivity contribution is 0.0505. The van der Waals surface area contributed by atoms with E-state index in [0.717, 1.165) is 19.3 Å². The molecular formula is C13H17BrN2O3. The summed E-state index contributed by atoms with van der Waals surface area (Å²) in [5.74, 6) is -0.155. The Morgan fingerprint density at radius 2 is 2.37 bits per heavy atom. The summed E-state index contributed by atoms with van der Waals surface area (Å²) >= 11 is 3.17. The van der Waals surface area contributed by atoms with E-state index in [1.54, 1.807) is 6.07 Å². The summed E-state index contributed by atoms with van der Waals surface area (Å²) in [5, 5.41) is 12.8. The minimum absolute atomic E-state index is 0.131. The van der Waals surface area contributed by atoms with Crippen LogP contribution in [0.4, 0.5) is 5.82 Å². The van der Waals surface area contributed by atoms with E-state index in [1.807, 2.05) is 6.92 Å². The molecule has 0 aromatic carbocycles. The van der Waals surface area contributed by atoms with Crippen LogP contribution in [0.1, 0.15) is 43.0 Å². The van der Waals surface area contributed by atoms with Crippen LogP contribution in [0.25, 0.3) is 0 Å². The highest BCUT2D eigenvalue weighted by atomic mass is 79.9. The van der Waals surface area contributed by atoms with Gasteiger partial charge in [-0.25, -0.2) is 4.79 Å². The van der Waals surface area contributed by atoms with E-state index in [-0.39, 0.29) is 5.88 Å².